The van der Waals surface area contributed by atoms with E-state index >= 15 is 0 Å². The molecule has 2 atom stereocenters. The van der Waals surface area contributed by atoms with Gasteiger partial charge in [0.05, 0.1) is 12.3 Å². The molecule has 0 spiro atoms. The van der Waals surface area contributed by atoms with Gasteiger partial charge in [0.15, 0.2) is 11.2 Å². The maximum absolute atomic E-state index is 12.7. The number of thiazole rings is 1. The molecule has 0 saturated carbocycles. The van der Waals surface area contributed by atoms with Crippen LogP contribution in [0.25, 0.3) is 11.3 Å². The SMILES string of the molecule is CCOc1ccccc1-c1csc(NC(=O)C2Oc3ccccc3C2C)n1. The fourth-order valence-corrected chi connectivity index (χ4v) is 3.95. The van der Waals surface area contributed by atoms with Gasteiger partial charge in [-0.3, -0.25) is 10.1 Å². The minimum Gasteiger partial charge on any atom is -0.493 e. The maximum atomic E-state index is 12.7. The molecule has 0 radical (unpaired) electrons. The summed E-state index contributed by atoms with van der Waals surface area (Å²) in [5.74, 6) is 1.37. The van der Waals surface area contributed by atoms with Crippen LogP contribution in [0, 0.1) is 0 Å². The van der Waals surface area contributed by atoms with E-state index in [2.05, 4.69) is 10.3 Å². The normalized spacial score (nSPS) is 17.9. The Kier molecular flexibility index (Phi) is 4.81. The van der Waals surface area contributed by atoms with Gasteiger partial charge in [-0.25, -0.2) is 4.98 Å². The lowest BCUT2D eigenvalue weighted by Gasteiger charge is -2.14. The number of aromatic nitrogens is 1. The lowest BCUT2D eigenvalue weighted by atomic mass is 9.97. The van der Waals surface area contributed by atoms with Crippen molar-refractivity contribution in [2.24, 2.45) is 0 Å². The maximum Gasteiger partial charge on any atom is 0.267 e. The topological polar surface area (TPSA) is 60.5 Å². The second-order valence-electron chi connectivity index (χ2n) is 6.32. The van der Waals surface area contributed by atoms with Gasteiger partial charge in [-0.15, -0.1) is 11.3 Å². The van der Waals surface area contributed by atoms with Crippen LogP contribution < -0.4 is 14.8 Å². The highest BCUT2D eigenvalue weighted by Gasteiger charge is 2.36. The summed E-state index contributed by atoms with van der Waals surface area (Å²) in [5, 5.41) is 5.36. The van der Waals surface area contributed by atoms with Crippen LogP contribution in [0.4, 0.5) is 5.13 Å². The van der Waals surface area contributed by atoms with Crippen LogP contribution in [0.1, 0.15) is 25.3 Å². The predicted molar refractivity (Wildman–Crippen MR) is 107 cm³/mol. The Morgan fingerprint density at radius 2 is 2.00 bits per heavy atom. The number of ether oxygens (including phenoxy) is 2. The van der Waals surface area contributed by atoms with E-state index in [9.17, 15) is 4.79 Å². The molecule has 6 heteroatoms. The van der Waals surface area contributed by atoms with Gasteiger partial charge >= 0.3 is 0 Å². The van der Waals surface area contributed by atoms with Crippen LogP contribution in [0.2, 0.25) is 0 Å². The van der Waals surface area contributed by atoms with Crippen molar-refractivity contribution in [3.63, 3.8) is 0 Å². The molecule has 1 aliphatic heterocycles. The summed E-state index contributed by atoms with van der Waals surface area (Å²) in [6, 6.07) is 15.5. The third kappa shape index (κ3) is 3.40. The molecule has 1 aromatic heterocycles. The number of para-hydroxylation sites is 2. The number of carbonyl (C=O) groups excluding carboxylic acids is 1. The molecule has 1 amide bonds. The van der Waals surface area contributed by atoms with Gasteiger partial charge in [0.25, 0.3) is 5.91 Å². The molecule has 2 heterocycles. The number of nitrogens with zero attached hydrogens (tertiary/aromatic N) is 1. The number of anilines is 1. The summed E-state index contributed by atoms with van der Waals surface area (Å²) in [5.41, 5.74) is 2.75. The number of hydrogen-bond donors (Lipinski definition) is 1. The number of carbonyl (C=O) groups is 1. The second kappa shape index (κ2) is 7.40. The highest BCUT2D eigenvalue weighted by molar-refractivity contribution is 7.14. The quantitative estimate of drug-likeness (QED) is 0.696. The molecular weight excluding hydrogens is 360 g/mol. The van der Waals surface area contributed by atoms with E-state index < -0.39 is 6.10 Å². The Labute approximate surface area is 162 Å². The smallest absolute Gasteiger partial charge is 0.267 e. The lowest BCUT2D eigenvalue weighted by Crippen LogP contribution is -2.33. The summed E-state index contributed by atoms with van der Waals surface area (Å²) in [4.78, 5) is 17.3. The van der Waals surface area contributed by atoms with Crippen molar-refractivity contribution >= 4 is 22.4 Å². The molecule has 0 saturated heterocycles. The summed E-state index contributed by atoms with van der Waals surface area (Å²) in [7, 11) is 0. The molecule has 1 aliphatic rings. The van der Waals surface area contributed by atoms with Crippen molar-refractivity contribution in [3.8, 4) is 22.8 Å². The Morgan fingerprint density at radius 3 is 2.81 bits per heavy atom. The number of rotatable bonds is 5. The van der Waals surface area contributed by atoms with E-state index in [0.29, 0.717) is 11.7 Å². The van der Waals surface area contributed by atoms with Crippen LogP contribution in [0.5, 0.6) is 11.5 Å². The summed E-state index contributed by atoms with van der Waals surface area (Å²) < 4.78 is 11.5. The molecule has 3 aromatic rings. The van der Waals surface area contributed by atoms with Crippen LogP contribution in [-0.2, 0) is 4.79 Å². The van der Waals surface area contributed by atoms with Crippen molar-refractivity contribution in [2.75, 3.05) is 11.9 Å². The third-order valence-corrected chi connectivity index (χ3v) is 5.33. The Morgan fingerprint density at radius 1 is 1.22 bits per heavy atom. The van der Waals surface area contributed by atoms with Crippen molar-refractivity contribution in [2.45, 2.75) is 25.9 Å². The zero-order chi connectivity index (χ0) is 18.8. The molecule has 27 heavy (non-hydrogen) atoms. The summed E-state index contributed by atoms with van der Waals surface area (Å²) >= 11 is 1.39. The van der Waals surface area contributed by atoms with Gasteiger partial charge in [0.1, 0.15) is 11.5 Å². The van der Waals surface area contributed by atoms with Crippen LogP contribution in [-0.4, -0.2) is 23.6 Å². The standard InChI is InChI=1S/C21H20N2O3S/c1-3-25-17-10-6-5-9-15(17)16-12-27-21(22-16)23-20(24)19-13(2)14-8-4-7-11-18(14)26-19/h4-13,19H,3H2,1-2H3,(H,22,23,24). The van der Waals surface area contributed by atoms with Gasteiger partial charge in [0.2, 0.25) is 0 Å². The summed E-state index contributed by atoms with van der Waals surface area (Å²) in [6.45, 7) is 4.54. The average molecular weight is 380 g/mol. The Hall–Kier alpha value is -2.86. The zero-order valence-electron chi connectivity index (χ0n) is 15.1. The molecule has 1 N–H and O–H groups in total. The van der Waals surface area contributed by atoms with Crippen LogP contribution in [0.15, 0.2) is 53.9 Å². The monoisotopic (exact) mass is 380 g/mol. The van der Waals surface area contributed by atoms with Gasteiger partial charge < -0.3 is 9.47 Å². The first-order chi connectivity index (χ1) is 13.2. The fraction of sp³-hybridized carbons (Fsp3) is 0.238. The first-order valence-corrected chi connectivity index (χ1v) is 9.79. The van der Waals surface area contributed by atoms with Crippen molar-refractivity contribution in [1.82, 2.24) is 4.98 Å². The van der Waals surface area contributed by atoms with Crippen molar-refractivity contribution in [1.29, 1.82) is 0 Å². The number of fused-ring (bicyclic) bond motifs is 1. The summed E-state index contributed by atoms with van der Waals surface area (Å²) in [6.07, 6.45) is -0.550. The molecule has 4 rings (SSSR count). The van der Waals surface area contributed by atoms with Gasteiger partial charge in [-0.2, -0.15) is 0 Å². The van der Waals surface area contributed by atoms with Crippen LogP contribution >= 0.6 is 11.3 Å². The molecule has 5 nitrogen and oxygen atoms in total. The number of amides is 1. The third-order valence-electron chi connectivity index (χ3n) is 4.57. The van der Waals surface area contributed by atoms with Crippen molar-refractivity contribution in [3.05, 3.63) is 59.5 Å². The first-order valence-electron chi connectivity index (χ1n) is 8.91. The molecule has 2 aromatic carbocycles. The highest BCUT2D eigenvalue weighted by atomic mass is 32.1. The Bertz CT molecular complexity index is 969. The average Bonchev–Trinajstić information content (AvgIpc) is 3.27. The number of benzene rings is 2. The van der Waals surface area contributed by atoms with E-state index in [1.54, 1.807) is 0 Å². The number of nitrogens with one attached hydrogen (secondary N) is 1. The molecular formula is C21H20N2O3S. The predicted octanol–water partition coefficient (Wildman–Crippen LogP) is 4.71. The van der Waals surface area contributed by atoms with Gasteiger partial charge in [-0.05, 0) is 25.1 Å². The van der Waals surface area contributed by atoms with E-state index in [-0.39, 0.29) is 11.8 Å². The number of hydrogen-bond acceptors (Lipinski definition) is 5. The largest absolute Gasteiger partial charge is 0.493 e. The van der Waals surface area contributed by atoms with E-state index in [1.165, 1.54) is 11.3 Å². The second-order valence-corrected chi connectivity index (χ2v) is 7.18. The molecule has 2 unspecified atom stereocenters. The minimum atomic E-state index is -0.550. The first kappa shape index (κ1) is 17.5. The minimum absolute atomic E-state index is 0.000636. The lowest BCUT2D eigenvalue weighted by molar-refractivity contribution is -0.122. The van der Waals surface area contributed by atoms with Gasteiger partial charge in [-0.1, -0.05) is 37.3 Å². The zero-order valence-corrected chi connectivity index (χ0v) is 16.0. The van der Waals surface area contributed by atoms with E-state index in [4.69, 9.17) is 9.47 Å². The Balaban J connectivity index is 1.50. The van der Waals surface area contributed by atoms with E-state index in [1.807, 2.05) is 67.8 Å². The molecule has 0 bridgehead atoms. The molecule has 0 fully saturated rings. The van der Waals surface area contributed by atoms with Gasteiger partial charge in [0, 0.05) is 22.4 Å². The van der Waals surface area contributed by atoms with Crippen LogP contribution in [0.3, 0.4) is 0 Å². The highest BCUT2D eigenvalue weighted by Crippen LogP contribution is 2.38. The van der Waals surface area contributed by atoms with E-state index in [0.717, 1.165) is 28.3 Å². The fourth-order valence-electron chi connectivity index (χ4n) is 3.24. The molecule has 0 aliphatic carbocycles. The molecule has 138 valence electrons. The van der Waals surface area contributed by atoms with Crippen molar-refractivity contribution < 1.29 is 14.3 Å².